The highest BCUT2D eigenvalue weighted by molar-refractivity contribution is 6.01. The van der Waals surface area contributed by atoms with Crippen LogP contribution in [0.25, 0.3) is 11.0 Å². The van der Waals surface area contributed by atoms with Crippen molar-refractivity contribution in [3.8, 4) is 0 Å². The van der Waals surface area contributed by atoms with Crippen molar-refractivity contribution in [3.05, 3.63) is 30.1 Å². The highest BCUT2D eigenvalue weighted by Gasteiger charge is 2.20. The van der Waals surface area contributed by atoms with Crippen molar-refractivity contribution >= 4 is 17.0 Å². The van der Waals surface area contributed by atoms with Gasteiger partial charge >= 0.3 is 5.97 Å². The van der Waals surface area contributed by atoms with Crippen LogP contribution in [-0.2, 0) is 6.54 Å². The normalized spacial score (nSPS) is 11.9. The number of carboxylic acids is 1. The summed E-state index contributed by atoms with van der Waals surface area (Å²) in [6.45, 7) is 9.64. The number of aromatic nitrogens is 2. The molecule has 2 rings (SSSR count). The summed E-state index contributed by atoms with van der Waals surface area (Å²) in [6, 6.07) is 5.24. The van der Waals surface area contributed by atoms with E-state index in [2.05, 4.69) is 32.7 Å². The van der Waals surface area contributed by atoms with Crippen molar-refractivity contribution in [3.63, 3.8) is 0 Å². The fraction of sp³-hybridized carbons (Fsp3) is 0.500. The molecule has 0 aliphatic heterocycles. The minimum Gasteiger partial charge on any atom is -0.478 e. The molecule has 4 nitrogen and oxygen atoms in total. The molecule has 0 saturated heterocycles. The second-order valence-electron chi connectivity index (χ2n) is 6.03. The van der Waals surface area contributed by atoms with E-state index in [1.807, 2.05) is 10.6 Å². The third-order valence-corrected chi connectivity index (χ3v) is 3.99. The molecule has 0 aliphatic carbocycles. The Kier molecular flexibility index (Phi) is 4.12. The van der Waals surface area contributed by atoms with Crippen LogP contribution in [0.4, 0.5) is 0 Å². The molecule has 0 radical (unpaired) electrons. The zero-order valence-corrected chi connectivity index (χ0v) is 12.5. The van der Waals surface area contributed by atoms with Gasteiger partial charge in [-0.2, -0.15) is 0 Å². The van der Waals surface area contributed by atoms with Crippen LogP contribution < -0.4 is 0 Å². The standard InChI is InChI=1S/C16H22N2O2/c1-10(2)13(11(3)4)8-18-9-17-14-7-5-6-12(15(14)18)16(19)20/h5-7,9-11,13H,8H2,1-4H3,(H,19,20). The lowest BCUT2D eigenvalue weighted by molar-refractivity contribution is 0.0698. The van der Waals surface area contributed by atoms with Gasteiger partial charge in [0.15, 0.2) is 0 Å². The molecule has 0 aliphatic rings. The Hall–Kier alpha value is -1.84. The monoisotopic (exact) mass is 274 g/mol. The lowest BCUT2D eigenvalue weighted by Gasteiger charge is -2.25. The zero-order chi connectivity index (χ0) is 14.9. The number of hydrogen-bond acceptors (Lipinski definition) is 2. The maximum atomic E-state index is 11.4. The molecule has 1 heterocycles. The number of carboxylic acid groups (broad SMARTS) is 1. The molecule has 0 saturated carbocycles. The van der Waals surface area contributed by atoms with Gasteiger partial charge in [-0.05, 0) is 29.9 Å². The first-order chi connectivity index (χ1) is 9.41. The van der Waals surface area contributed by atoms with Crippen molar-refractivity contribution in [2.75, 3.05) is 0 Å². The van der Waals surface area contributed by atoms with Crippen molar-refractivity contribution in [1.29, 1.82) is 0 Å². The SMILES string of the molecule is CC(C)C(Cn1cnc2cccc(C(=O)O)c21)C(C)C. The van der Waals surface area contributed by atoms with E-state index in [4.69, 9.17) is 0 Å². The Morgan fingerprint density at radius 2 is 1.90 bits per heavy atom. The molecule has 1 aromatic heterocycles. The number of hydrogen-bond donors (Lipinski definition) is 1. The number of rotatable bonds is 5. The molecule has 108 valence electrons. The van der Waals surface area contributed by atoms with Crippen molar-refractivity contribution in [1.82, 2.24) is 9.55 Å². The first-order valence-corrected chi connectivity index (χ1v) is 7.09. The number of fused-ring (bicyclic) bond motifs is 1. The molecule has 0 atom stereocenters. The van der Waals surface area contributed by atoms with Gasteiger partial charge in [0.1, 0.15) is 0 Å². The summed E-state index contributed by atoms with van der Waals surface area (Å²) in [5.41, 5.74) is 1.80. The lowest BCUT2D eigenvalue weighted by atomic mass is 9.85. The largest absolute Gasteiger partial charge is 0.478 e. The molecule has 1 N–H and O–H groups in total. The van der Waals surface area contributed by atoms with Crippen LogP contribution in [0.5, 0.6) is 0 Å². The van der Waals surface area contributed by atoms with Gasteiger partial charge < -0.3 is 9.67 Å². The molecule has 0 amide bonds. The van der Waals surface area contributed by atoms with Crippen LogP contribution in [0.1, 0.15) is 38.1 Å². The number of carbonyl (C=O) groups is 1. The third-order valence-electron chi connectivity index (χ3n) is 3.99. The van der Waals surface area contributed by atoms with Crippen LogP contribution in [0.2, 0.25) is 0 Å². The molecule has 1 aromatic carbocycles. The van der Waals surface area contributed by atoms with Gasteiger partial charge in [-0.3, -0.25) is 0 Å². The van der Waals surface area contributed by atoms with Gasteiger partial charge in [0, 0.05) is 6.54 Å². The summed E-state index contributed by atoms with van der Waals surface area (Å²) in [5, 5.41) is 9.34. The average molecular weight is 274 g/mol. The van der Waals surface area contributed by atoms with Gasteiger partial charge in [0.05, 0.1) is 22.9 Å². The van der Waals surface area contributed by atoms with Crippen LogP contribution >= 0.6 is 0 Å². The zero-order valence-electron chi connectivity index (χ0n) is 12.5. The van der Waals surface area contributed by atoms with Gasteiger partial charge in [-0.25, -0.2) is 9.78 Å². The minimum absolute atomic E-state index is 0.325. The van der Waals surface area contributed by atoms with E-state index in [1.165, 1.54) is 0 Å². The Morgan fingerprint density at radius 1 is 1.25 bits per heavy atom. The first-order valence-electron chi connectivity index (χ1n) is 7.09. The Balaban J connectivity index is 2.47. The highest BCUT2D eigenvalue weighted by Crippen LogP contribution is 2.26. The molecule has 0 bridgehead atoms. The van der Waals surface area contributed by atoms with E-state index < -0.39 is 5.97 Å². The fourth-order valence-electron chi connectivity index (χ4n) is 2.86. The minimum atomic E-state index is -0.900. The molecule has 0 unspecified atom stereocenters. The molecule has 2 aromatic rings. The maximum Gasteiger partial charge on any atom is 0.337 e. The Labute approximate surface area is 119 Å². The van der Waals surface area contributed by atoms with Crippen LogP contribution in [0, 0.1) is 17.8 Å². The van der Waals surface area contributed by atoms with Gasteiger partial charge in [-0.1, -0.05) is 33.8 Å². The van der Waals surface area contributed by atoms with E-state index in [0.29, 0.717) is 23.3 Å². The van der Waals surface area contributed by atoms with Crippen LogP contribution in [0.3, 0.4) is 0 Å². The number of benzene rings is 1. The predicted molar refractivity (Wildman–Crippen MR) is 79.9 cm³/mol. The Morgan fingerprint density at radius 3 is 2.45 bits per heavy atom. The van der Waals surface area contributed by atoms with E-state index in [1.54, 1.807) is 18.5 Å². The van der Waals surface area contributed by atoms with Gasteiger partial charge in [0.2, 0.25) is 0 Å². The van der Waals surface area contributed by atoms with Gasteiger partial charge in [0.25, 0.3) is 0 Å². The van der Waals surface area contributed by atoms with E-state index in [0.717, 1.165) is 17.6 Å². The summed E-state index contributed by atoms with van der Waals surface area (Å²) in [4.78, 5) is 15.7. The van der Waals surface area contributed by atoms with E-state index in [9.17, 15) is 9.90 Å². The quantitative estimate of drug-likeness (QED) is 0.905. The molecular weight excluding hydrogens is 252 g/mol. The highest BCUT2D eigenvalue weighted by atomic mass is 16.4. The summed E-state index contributed by atoms with van der Waals surface area (Å²) < 4.78 is 1.99. The Bertz CT molecular complexity index is 606. The topological polar surface area (TPSA) is 55.1 Å². The fourth-order valence-corrected chi connectivity index (χ4v) is 2.86. The maximum absolute atomic E-state index is 11.4. The third kappa shape index (κ3) is 2.69. The first kappa shape index (κ1) is 14.6. The second kappa shape index (κ2) is 5.65. The number of para-hydroxylation sites is 1. The van der Waals surface area contributed by atoms with Crippen molar-refractivity contribution in [2.24, 2.45) is 17.8 Å². The summed E-state index contributed by atoms with van der Waals surface area (Å²) >= 11 is 0. The molecule has 0 spiro atoms. The van der Waals surface area contributed by atoms with E-state index in [-0.39, 0.29) is 0 Å². The van der Waals surface area contributed by atoms with Crippen LogP contribution in [-0.4, -0.2) is 20.6 Å². The predicted octanol–water partition coefficient (Wildman–Crippen LogP) is 3.66. The average Bonchev–Trinajstić information content (AvgIpc) is 2.77. The summed E-state index contributed by atoms with van der Waals surface area (Å²) in [6.07, 6.45) is 1.76. The molecule has 0 fully saturated rings. The lowest BCUT2D eigenvalue weighted by Crippen LogP contribution is -2.21. The summed E-state index contributed by atoms with van der Waals surface area (Å²) in [7, 11) is 0. The number of aromatic carboxylic acids is 1. The van der Waals surface area contributed by atoms with Crippen molar-refractivity contribution < 1.29 is 9.90 Å². The molecule has 4 heteroatoms. The molecule has 20 heavy (non-hydrogen) atoms. The van der Waals surface area contributed by atoms with Crippen molar-refractivity contribution in [2.45, 2.75) is 34.2 Å². The van der Waals surface area contributed by atoms with Gasteiger partial charge in [-0.15, -0.1) is 0 Å². The van der Waals surface area contributed by atoms with E-state index >= 15 is 0 Å². The summed E-state index contributed by atoms with van der Waals surface area (Å²) in [5.74, 6) is 0.686. The van der Waals surface area contributed by atoms with Crippen LogP contribution in [0.15, 0.2) is 24.5 Å². The smallest absolute Gasteiger partial charge is 0.337 e. The molecular formula is C16H22N2O2. The number of imidazole rings is 1. The number of nitrogens with zero attached hydrogens (tertiary/aromatic N) is 2. The second-order valence-corrected chi connectivity index (χ2v) is 6.03.